The topological polar surface area (TPSA) is 693 Å². The first-order valence-electron chi connectivity index (χ1n) is 46.6. The average molecular weight is 1970 g/mol. The molecule has 1 saturated heterocycles. The van der Waals surface area contributed by atoms with E-state index in [1.807, 2.05) is 67.2 Å². The summed E-state index contributed by atoms with van der Waals surface area (Å²) < 4.78 is 28.2. The Morgan fingerprint density at radius 3 is 1.62 bits per heavy atom. The maximum Gasteiger partial charge on any atom is 0.407 e. The highest BCUT2D eigenvalue weighted by molar-refractivity contribution is 5.95. The molecule has 0 radical (unpaired) electrons. The standard InChI is InChI=1S/C91H155N15O32/c1-17-53(6)77(105(14)88(131)75(51(2)3)103-87(130)76(52(4)5)104(12)13)67(134-15)41-74(121)106-36-21-25-62(106)82(135-16)54(7)83(126)102-61(39-56-23-19-18-20-24-56)86(129)93-33-22-37-137-89(132)55(8)100-70(117)31-35-94-90(133)138-49-57(40-59(110)42-95-71(118)45-97-73(120)46-98-72(119)44-96-68(115)30-34-92-69(116)32-38-136-50-91(9,10)11)84(127)101-60(85(128)99-43-64(112)79(123)81(125)66(114)48-108)28-26-58(109)27-29-63(111)78(122)80(124)65(113)47-107/h18-20,23-24,51-55,57,60-67,75-82,107-108,111-114,122-125H,17,21-22,25-50H2,1-16H3,(H,92,116)(H,93,129)(H,94,133)(H,95,118)(H,96,115)(H,97,120)(H,98,119)(H,99,128)(H,100,117)(H,101,127)(H,102,126)(H,103,130)/t53-,54+,55-,57-,60-,61-,62-,63-,64-,65+,66+,67+,75?,76-,77-,78+,79+,80+,81+,82+/m0/s1. The monoisotopic (exact) mass is 1970 g/mol. The molecule has 0 spiro atoms. The van der Waals surface area contributed by atoms with E-state index in [1.165, 1.54) is 21.1 Å². The fourth-order valence-corrected chi connectivity index (χ4v) is 14.9. The number of hydrogen-bond donors (Lipinski definition) is 22. The second kappa shape index (κ2) is 65.0. The van der Waals surface area contributed by atoms with E-state index in [2.05, 4.69) is 63.8 Å². The van der Waals surface area contributed by atoms with Crippen LogP contribution in [0, 0.1) is 35.0 Å². The van der Waals surface area contributed by atoms with Gasteiger partial charge in [-0.3, -0.25) is 76.8 Å². The molecule has 14 amide bonds. The van der Waals surface area contributed by atoms with Crippen molar-refractivity contribution in [2.75, 3.05) is 134 Å². The molecule has 1 aromatic rings. The Kier molecular flexibility index (Phi) is 58.3. The number of amides is 14. The molecule has 22 N–H and O–H groups in total. The number of carbonyl (C=O) groups is 17. The molecule has 1 aliphatic rings. The van der Waals surface area contributed by atoms with Gasteiger partial charge in [-0.15, -0.1) is 0 Å². The first kappa shape index (κ1) is 124. The number of likely N-dealkylation sites (N-methyl/N-ethyl adjacent to an activating group) is 2. The highest BCUT2D eigenvalue weighted by Gasteiger charge is 2.45. The number of rotatable bonds is 68. The van der Waals surface area contributed by atoms with Gasteiger partial charge in [0.1, 0.15) is 73.2 Å². The quantitative estimate of drug-likeness (QED) is 0.0213. The van der Waals surface area contributed by atoms with Crippen molar-refractivity contribution in [3.05, 3.63) is 35.9 Å². The van der Waals surface area contributed by atoms with E-state index in [-0.39, 0.29) is 105 Å². The molecular formula is C91H155N15O32. The highest BCUT2D eigenvalue weighted by atomic mass is 16.6. The predicted molar refractivity (Wildman–Crippen MR) is 496 cm³/mol. The third-order valence-corrected chi connectivity index (χ3v) is 23.0. The smallest absolute Gasteiger partial charge is 0.407 e. The predicted octanol–water partition coefficient (Wildman–Crippen LogP) is -6.37. The fraction of sp³-hybridized carbons (Fsp3) is 0.747. The number of alkyl carbamates (subject to hydrolysis) is 1. The van der Waals surface area contributed by atoms with Crippen LogP contribution in [0.2, 0.25) is 0 Å². The van der Waals surface area contributed by atoms with Crippen molar-refractivity contribution in [3.63, 3.8) is 0 Å². The molecular weight excluding hydrogens is 1820 g/mol. The number of aliphatic hydroxyl groups excluding tert-OH is 10. The van der Waals surface area contributed by atoms with Crippen LogP contribution in [0.15, 0.2) is 30.3 Å². The molecule has 1 fully saturated rings. The summed E-state index contributed by atoms with van der Waals surface area (Å²) in [4.78, 5) is 233. The van der Waals surface area contributed by atoms with Crippen LogP contribution in [-0.2, 0) is 107 Å². The molecule has 2 rings (SSSR count). The maximum absolute atomic E-state index is 14.7. The van der Waals surface area contributed by atoms with Gasteiger partial charge in [0, 0.05) is 98.9 Å². The van der Waals surface area contributed by atoms with Crippen LogP contribution in [-0.4, -0.2) is 403 Å². The molecule has 0 saturated carbocycles. The Morgan fingerprint density at radius 1 is 0.522 bits per heavy atom. The minimum atomic E-state index is -2.21. The zero-order valence-corrected chi connectivity index (χ0v) is 82.4. The Labute approximate surface area is 806 Å². The number of esters is 1. The number of carbonyl (C=O) groups excluding carboxylic acids is 17. The van der Waals surface area contributed by atoms with Gasteiger partial charge in [0.25, 0.3) is 0 Å². The van der Waals surface area contributed by atoms with Gasteiger partial charge in [-0.25, -0.2) is 9.59 Å². The lowest BCUT2D eigenvalue weighted by Crippen LogP contribution is -2.59. The molecule has 47 heteroatoms. The number of aliphatic hydroxyl groups is 10. The number of methoxy groups -OCH3 is 2. The normalized spacial score (nSPS) is 16.8. The van der Waals surface area contributed by atoms with E-state index in [1.54, 1.807) is 68.2 Å². The first-order chi connectivity index (χ1) is 64.9. The number of benzene rings is 1. The third-order valence-electron chi connectivity index (χ3n) is 23.0. The van der Waals surface area contributed by atoms with Gasteiger partial charge in [0.05, 0.1) is 120 Å². The summed E-state index contributed by atoms with van der Waals surface area (Å²) in [5.74, 6) is -14.9. The zero-order chi connectivity index (χ0) is 104. The van der Waals surface area contributed by atoms with Crippen molar-refractivity contribution in [1.82, 2.24) is 78.5 Å². The summed E-state index contributed by atoms with van der Waals surface area (Å²) in [5, 5.41) is 129. The Hall–Kier alpha value is -10.1. The Morgan fingerprint density at radius 2 is 1.07 bits per heavy atom. The van der Waals surface area contributed by atoms with Crippen molar-refractivity contribution in [1.29, 1.82) is 0 Å². The van der Waals surface area contributed by atoms with Gasteiger partial charge in [0.2, 0.25) is 76.8 Å². The number of likely N-dealkylation sites (tertiary alicyclic amines) is 1. The van der Waals surface area contributed by atoms with Crippen LogP contribution >= 0.6 is 0 Å². The number of ether oxygens (including phenoxy) is 5. The van der Waals surface area contributed by atoms with Gasteiger partial charge >= 0.3 is 12.1 Å². The summed E-state index contributed by atoms with van der Waals surface area (Å²) >= 11 is 0. The summed E-state index contributed by atoms with van der Waals surface area (Å²) in [6.45, 7) is 13.5. The molecule has 0 aliphatic carbocycles. The minimum Gasteiger partial charge on any atom is -0.464 e. The van der Waals surface area contributed by atoms with Crippen LogP contribution in [0.25, 0.3) is 0 Å². The lowest BCUT2D eigenvalue weighted by atomic mass is 9.89. The number of hydrogen-bond acceptors (Lipinski definition) is 33. The molecule has 1 aliphatic heterocycles. The van der Waals surface area contributed by atoms with E-state index in [0.29, 0.717) is 38.0 Å². The molecule has 20 atom stereocenters. The maximum atomic E-state index is 14.7. The molecule has 0 aromatic heterocycles. The molecule has 138 heavy (non-hydrogen) atoms. The molecule has 0 bridgehead atoms. The molecule has 786 valence electrons. The van der Waals surface area contributed by atoms with E-state index in [4.69, 9.17) is 28.8 Å². The molecule has 1 heterocycles. The largest absolute Gasteiger partial charge is 0.464 e. The fourth-order valence-electron chi connectivity index (χ4n) is 14.9. The Bertz CT molecular complexity index is 3990. The van der Waals surface area contributed by atoms with Crippen molar-refractivity contribution in [2.24, 2.45) is 35.0 Å². The van der Waals surface area contributed by atoms with E-state index in [9.17, 15) is 127 Å². The molecule has 1 aromatic carbocycles. The first-order valence-corrected chi connectivity index (χ1v) is 46.6. The second-order valence-corrected chi connectivity index (χ2v) is 36.6. The van der Waals surface area contributed by atoms with E-state index < -0.39 is 290 Å². The molecule has 1 unspecified atom stereocenters. The van der Waals surface area contributed by atoms with Crippen molar-refractivity contribution < 1.29 is 156 Å². The highest BCUT2D eigenvalue weighted by Crippen LogP contribution is 2.31. The van der Waals surface area contributed by atoms with Crippen LogP contribution in [0.4, 0.5) is 4.79 Å². The van der Waals surface area contributed by atoms with Crippen LogP contribution in [0.1, 0.15) is 165 Å². The van der Waals surface area contributed by atoms with Crippen molar-refractivity contribution >= 4 is 100 Å². The van der Waals surface area contributed by atoms with Crippen LogP contribution in [0.5, 0.6) is 0 Å². The minimum absolute atomic E-state index is 0.0384. The van der Waals surface area contributed by atoms with Gasteiger partial charge in [-0.05, 0) is 81.9 Å². The van der Waals surface area contributed by atoms with Crippen molar-refractivity contribution in [2.45, 2.75) is 269 Å². The second-order valence-electron chi connectivity index (χ2n) is 36.6. The summed E-state index contributed by atoms with van der Waals surface area (Å²) in [5.41, 5.74) is 0.607. The Balaban J connectivity index is 2.22. The summed E-state index contributed by atoms with van der Waals surface area (Å²) in [6, 6.07) is 2.03. The van der Waals surface area contributed by atoms with E-state index in [0.717, 1.165) is 0 Å². The van der Waals surface area contributed by atoms with Gasteiger partial charge in [-0.1, -0.05) is 106 Å². The number of nitrogens with zero attached hydrogens (tertiary/aromatic N) is 3. The third kappa shape index (κ3) is 46.3. The van der Waals surface area contributed by atoms with Gasteiger partial charge in [-0.2, -0.15) is 0 Å². The van der Waals surface area contributed by atoms with Gasteiger partial charge < -0.3 is 148 Å². The van der Waals surface area contributed by atoms with E-state index >= 15 is 0 Å². The zero-order valence-electron chi connectivity index (χ0n) is 82.4. The van der Waals surface area contributed by atoms with Crippen molar-refractivity contribution in [3.8, 4) is 0 Å². The lowest BCUT2D eigenvalue weighted by molar-refractivity contribution is -0.148. The van der Waals surface area contributed by atoms with Crippen LogP contribution < -0.4 is 63.8 Å². The summed E-state index contributed by atoms with van der Waals surface area (Å²) in [7, 11) is 8.19. The SMILES string of the molecule is CC[C@H](C)[C@@H]([C@@H](CC(=O)N1CCC[C@H]1[C@H](OC)[C@@H](C)C(=O)N[C@@H](Cc1ccccc1)C(=O)NCCCOC(=O)[C@H](C)NC(=O)CCNC(=O)OC[C@H](CC(=O)CNC(=O)CNC(=O)CNC(=O)CNC(=O)CCNC(=O)CCOCC(C)(C)C)C(=O)N[C@@H](CCC(=O)CC[C@H](O)[C@@H](O)[C@H](O)[C@H](O)CO)C(=O)NC[C@H](O)[C@@H](O)[C@H](O)[C@H](O)CO)OC)N(C)C(=O)C(NC(=O)[C@H](C(C)C)N(C)C)C(C)C. The molecule has 47 nitrogen and oxygen atoms in total. The number of Topliss-reactive ketones (excluding diaryl/α,β-unsaturated/α-hetero) is 2. The number of nitrogens with one attached hydrogen (secondary N) is 12. The number of ketones is 2. The lowest BCUT2D eigenvalue weighted by Gasteiger charge is -2.41. The average Bonchev–Trinajstić information content (AvgIpc) is 1.66. The summed E-state index contributed by atoms with van der Waals surface area (Å²) in [6.07, 6.45) is -21.5. The van der Waals surface area contributed by atoms with Gasteiger partial charge in [0.15, 0.2) is 5.78 Å². The van der Waals surface area contributed by atoms with Crippen LogP contribution in [0.3, 0.4) is 0 Å².